The maximum absolute atomic E-state index is 11.0. The van der Waals surface area contributed by atoms with Crippen LogP contribution in [0.1, 0.15) is 10.4 Å². The average Bonchev–Trinajstić information content (AvgIpc) is 2.39. The SMILES string of the molecule is O=C([O-])C(=O)Nc1cc(C(=O)[O-])ccc1NC(=O)C(=O)O. The summed E-state index contributed by atoms with van der Waals surface area (Å²) in [6, 6.07) is 2.70. The number of carboxylic acids is 3. The lowest BCUT2D eigenvalue weighted by molar-refractivity contribution is -0.299. The van der Waals surface area contributed by atoms with Gasteiger partial charge in [0.2, 0.25) is 0 Å². The standard InChI is InChI=1S/C11H8N2O8/c14-7(10(18)19)12-5-2-1-4(9(16)17)3-6(5)13-8(15)11(20)21/h1-3H,(H,12,14)(H,13,15)(H,16,17)(H,18,19)(H,20,21)/p-2. The molecule has 10 heteroatoms. The van der Waals surface area contributed by atoms with Gasteiger partial charge in [-0.1, -0.05) is 6.07 Å². The summed E-state index contributed by atoms with van der Waals surface area (Å²) < 4.78 is 0. The number of amides is 2. The van der Waals surface area contributed by atoms with Gasteiger partial charge in [0, 0.05) is 0 Å². The monoisotopic (exact) mass is 294 g/mol. The van der Waals surface area contributed by atoms with Gasteiger partial charge in [0.1, 0.15) is 5.97 Å². The van der Waals surface area contributed by atoms with Crippen LogP contribution in [0.3, 0.4) is 0 Å². The number of aromatic carboxylic acids is 1. The fraction of sp³-hybridized carbons (Fsp3) is 0. The first-order chi connectivity index (χ1) is 9.72. The number of rotatable bonds is 3. The quantitative estimate of drug-likeness (QED) is 0.487. The minimum Gasteiger partial charge on any atom is -0.545 e. The Morgan fingerprint density at radius 1 is 0.905 bits per heavy atom. The predicted molar refractivity (Wildman–Crippen MR) is 60.7 cm³/mol. The zero-order valence-corrected chi connectivity index (χ0v) is 10.0. The second-order valence-electron chi connectivity index (χ2n) is 3.55. The third-order valence-corrected chi connectivity index (χ3v) is 2.13. The highest BCUT2D eigenvalue weighted by atomic mass is 16.4. The van der Waals surface area contributed by atoms with Gasteiger partial charge in [-0.3, -0.25) is 9.59 Å². The summed E-state index contributed by atoms with van der Waals surface area (Å²) in [6.07, 6.45) is 0. The molecule has 0 bridgehead atoms. The van der Waals surface area contributed by atoms with Crippen molar-refractivity contribution in [1.82, 2.24) is 0 Å². The van der Waals surface area contributed by atoms with Crippen LogP contribution >= 0.6 is 0 Å². The molecule has 0 aliphatic heterocycles. The van der Waals surface area contributed by atoms with Crippen LogP contribution < -0.4 is 20.8 Å². The molecule has 0 saturated heterocycles. The van der Waals surface area contributed by atoms with Crippen LogP contribution in [-0.2, 0) is 19.2 Å². The van der Waals surface area contributed by atoms with Crippen LogP contribution in [0.15, 0.2) is 18.2 Å². The van der Waals surface area contributed by atoms with E-state index in [-0.39, 0.29) is 5.69 Å². The van der Waals surface area contributed by atoms with E-state index in [0.717, 1.165) is 18.2 Å². The Morgan fingerprint density at radius 2 is 1.48 bits per heavy atom. The Bertz CT molecular complexity index is 652. The summed E-state index contributed by atoms with van der Waals surface area (Å²) >= 11 is 0. The molecule has 0 saturated carbocycles. The predicted octanol–water partition coefficient (Wildman–Crippen LogP) is -3.24. The van der Waals surface area contributed by atoms with E-state index >= 15 is 0 Å². The highest BCUT2D eigenvalue weighted by Gasteiger charge is 2.15. The number of hydrogen-bond acceptors (Lipinski definition) is 7. The molecule has 0 heterocycles. The lowest BCUT2D eigenvalue weighted by Crippen LogP contribution is -2.36. The highest BCUT2D eigenvalue weighted by Crippen LogP contribution is 2.23. The van der Waals surface area contributed by atoms with Gasteiger partial charge in [0.25, 0.3) is 5.91 Å². The van der Waals surface area contributed by atoms with Crippen LogP contribution in [0.2, 0.25) is 0 Å². The summed E-state index contributed by atoms with van der Waals surface area (Å²) in [5.41, 5.74) is -1.19. The van der Waals surface area contributed by atoms with Crippen LogP contribution in [0.5, 0.6) is 0 Å². The average molecular weight is 294 g/mol. The molecule has 1 aromatic rings. The molecule has 0 atom stereocenters. The van der Waals surface area contributed by atoms with Crippen molar-refractivity contribution in [3.05, 3.63) is 23.8 Å². The van der Waals surface area contributed by atoms with Crippen molar-refractivity contribution in [2.75, 3.05) is 10.6 Å². The minimum absolute atomic E-state index is 0.318. The molecule has 0 fully saturated rings. The second kappa shape index (κ2) is 6.14. The molecule has 0 aliphatic carbocycles. The number of carbonyl (C=O) groups excluding carboxylic acids is 4. The van der Waals surface area contributed by atoms with E-state index in [1.165, 1.54) is 0 Å². The van der Waals surface area contributed by atoms with Crippen molar-refractivity contribution >= 4 is 41.1 Å². The Labute approximate surface area is 116 Å². The summed E-state index contributed by atoms with van der Waals surface area (Å²) in [4.78, 5) is 53.4. The van der Waals surface area contributed by atoms with E-state index in [2.05, 4.69) is 0 Å². The molecular formula is C11H6N2O8-2. The molecule has 3 N–H and O–H groups in total. The smallest absolute Gasteiger partial charge is 0.394 e. The zero-order valence-electron chi connectivity index (χ0n) is 10.0. The van der Waals surface area contributed by atoms with Gasteiger partial charge in [0.15, 0.2) is 0 Å². The Morgan fingerprint density at radius 3 is 1.95 bits per heavy atom. The van der Waals surface area contributed by atoms with E-state index in [1.807, 2.05) is 5.32 Å². The first kappa shape index (κ1) is 15.6. The summed E-state index contributed by atoms with van der Waals surface area (Å²) in [6.45, 7) is 0. The highest BCUT2D eigenvalue weighted by molar-refractivity contribution is 6.38. The fourth-order valence-corrected chi connectivity index (χ4v) is 1.23. The molecule has 2 amide bonds. The Kier molecular flexibility index (Phi) is 4.57. The molecular weight excluding hydrogens is 288 g/mol. The summed E-state index contributed by atoms with van der Waals surface area (Å²) in [7, 11) is 0. The first-order valence-electron chi connectivity index (χ1n) is 5.14. The van der Waals surface area contributed by atoms with Gasteiger partial charge in [-0.25, -0.2) is 4.79 Å². The molecule has 1 rings (SSSR count). The normalized spacial score (nSPS) is 9.52. The molecule has 110 valence electrons. The third kappa shape index (κ3) is 4.02. The van der Waals surface area contributed by atoms with Gasteiger partial charge in [-0.05, 0) is 17.7 Å². The molecule has 1 aromatic carbocycles. The largest absolute Gasteiger partial charge is 0.545 e. The van der Waals surface area contributed by atoms with Crippen molar-refractivity contribution < 1.29 is 39.3 Å². The fourth-order valence-electron chi connectivity index (χ4n) is 1.23. The van der Waals surface area contributed by atoms with Gasteiger partial charge in [-0.15, -0.1) is 0 Å². The summed E-state index contributed by atoms with van der Waals surface area (Å²) in [5.74, 6) is -8.66. The number of nitrogens with one attached hydrogen (secondary N) is 2. The molecule has 0 unspecified atom stereocenters. The first-order valence-corrected chi connectivity index (χ1v) is 5.14. The van der Waals surface area contributed by atoms with Crippen molar-refractivity contribution in [2.45, 2.75) is 0 Å². The Balaban J connectivity index is 3.19. The van der Waals surface area contributed by atoms with Crippen molar-refractivity contribution in [1.29, 1.82) is 0 Å². The number of carboxylic acid groups (broad SMARTS) is 3. The van der Waals surface area contributed by atoms with Crippen LogP contribution in [0.4, 0.5) is 11.4 Å². The van der Waals surface area contributed by atoms with E-state index in [9.17, 15) is 34.2 Å². The van der Waals surface area contributed by atoms with Gasteiger partial charge in [0.05, 0.1) is 17.3 Å². The molecule has 21 heavy (non-hydrogen) atoms. The van der Waals surface area contributed by atoms with Crippen LogP contribution in [0, 0.1) is 0 Å². The van der Waals surface area contributed by atoms with E-state index in [1.54, 1.807) is 5.32 Å². The minimum atomic E-state index is -2.11. The number of benzene rings is 1. The van der Waals surface area contributed by atoms with Crippen molar-refractivity contribution in [3.63, 3.8) is 0 Å². The Hall–Kier alpha value is -3.43. The van der Waals surface area contributed by atoms with Gasteiger partial charge in [-0.2, -0.15) is 0 Å². The molecule has 0 aromatic heterocycles. The number of hydrogen-bond donors (Lipinski definition) is 3. The van der Waals surface area contributed by atoms with Crippen LogP contribution in [-0.4, -0.2) is 34.8 Å². The lowest BCUT2D eigenvalue weighted by atomic mass is 10.1. The molecule has 10 nitrogen and oxygen atoms in total. The lowest BCUT2D eigenvalue weighted by Gasteiger charge is -2.14. The number of aliphatic carboxylic acids is 2. The molecule has 0 spiro atoms. The number of anilines is 2. The van der Waals surface area contributed by atoms with E-state index in [0.29, 0.717) is 0 Å². The number of carbonyl (C=O) groups is 5. The van der Waals surface area contributed by atoms with E-state index < -0.39 is 41.0 Å². The van der Waals surface area contributed by atoms with E-state index in [4.69, 9.17) is 5.11 Å². The van der Waals surface area contributed by atoms with Gasteiger partial charge >= 0.3 is 11.9 Å². The summed E-state index contributed by atoms with van der Waals surface area (Å²) in [5, 5.41) is 33.0. The van der Waals surface area contributed by atoms with Gasteiger partial charge < -0.3 is 35.5 Å². The van der Waals surface area contributed by atoms with Crippen LogP contribution in [0.25, 0.3) is 0 Å². The maximum atomic E-state index is 11.0. The van der Waals surface area contributed by atoms with Crippen molar-refractivity contribution in [3.8, 4) is 0 Å². The topological polar surface area (TPSA) is 176 Å². The van der Waals surface area contributed by atoms with Crippen molar-refractivity contribution in [2.24, 2.45) is 0 Å². The molecule has 0 aliphatic rings. The second-order valence-corrected chi connectivity index (χ2v) is 3.55. The molecule has 0 radical (unpaired) electrons. The maximum Gasteiger partial charge on any atom is 0.394 e. The zero-order chi connectivity index (χ0) is 16.2. The third-order valence-electron chi connectivity index (χ3n) is 2.13.